The molecule has 0 bridgehead atoms. The Kier molecular flexibility index (Phi) is 7.60. The number of aryl methyl sites for hydroxylation is 1. The molecule has 0 aliphatic carbocycles. The molecule has 0 aromatic heterocycles. The first kappa shape index (κ1) is 18.2. The summed E-state index contributed by atoms with van der Waals surface area (Å²) in [5.41, 5.74) is 1.51. The molecular weight excluding hydrogens is 278 g/mol. The second-order valence-electron chi connectivity index (χ2n) is 5.76. The molecule has 122 valence electrons. The zero-order chi connectivity index (χ0) is 16.5. The minimum atomic E-state index is -0.526. The fourth-order valence-electron chi connectivity index (χ4n) is 2.17. The SMILES string of the molecule is CNCCCNC(=O)C(NC(=O)c1ccccc1C)C(C)C. The Labute approximate surface area is 132 Å². The summed E-state index contributed by atoms with van der Waals surface area (Å²) in [6.45, 7) is 7.19. The largest absolute Gasteiger partial charge is 0.354 e. The van der Waals surface area contributed by atoms with Crippen molar-refractivity contribution in [1.82, 2.24) is 16.0 Å². The zero-order valence-electron chi connectivity index (χ0n) is 13.9. The molecule has 22 heavy (non-hydrogen) atoms. The van der Waals surface area contributed by atoms with Crippen molar-refractivity contribution < 1.29 is 9.59 Å². The molecule has 0 fully saturated rings. The molecule has 1 rings (SSSR count). The maximum atomic E-state index is 12.4. The van der Waals surface area contributed by atoms with E-state index in [0.717, 1.165) is 18.5 Å². The van der Waals surface area contributed by atoms with Gasteiger partial charge in [0.25, 0.3) is 5.91 Å². The number of carbonyl (C=O) groups is 2. The Balaban J connectivity index is 2.66. The van der Waals surface area contributed by atoms with Gasteiger partial charge in [0, 0.05) is 12.1 Å². The van der Waals surface area contributed by atoms with E-state index in [4.69, 9.17) is 0 Å². The predicted octanol–water partition coefficient (Wildman–Crippen LogP) is 1.48. The molecular formula is C17H27N3O2. The van der Waals surface area contributed by atoms with Crippen LogP contribution in [0.5, 0.6) is 0 Å². The lowest BCUT2D eigenvalue weighted by molar-refractivity contribution is -0.123. The normalized spacial score (nSPS) is 12.0. The molecule has 1 unspecified atom stereocenters. The number of nitrogens with one attached hydrogen (secondary N) is 3. The second kappa shape index (κ2) is 9.20. The summed E-state index contributed by atoms with van der Waals surface area (Å²) in [7, 11) is 1.88. The number of amides is 2. The lowest BCUT2D eigenvalue weighted by atomic mass is 10.0. The van der Waals surface area contributed by atoms with Gasteiger partial charge < -0.3 is 16.0 Å². The number of hydrogen-bond acceptors (Lipinski definition) is 3. The van der Waals surface area contributed by atoms with Crippen LogP contribution in [0.4, 0.5) is 0 Å². The van der Waals surface area contributed by atoms with Crippen LogP contribution in [-0.2, 0) is 4.79 Å². The van der Waals surface area contributed by atoms with Crippen LogP contribution in [0.25, 0.3) is 0 Å². The highest BCUT2D eigenvalue weighted by molar-refractivity contribution is 5.98. The summed E-state index contributed by atoms with van der Waals surface area (Å²) in [6.07, 6.45) is 0.860. The minimum absolute atomic E-state index is 0.0252. The second-order valence-corrected chi connectivity index (χ2v) is 5.76. The van der Waals surface area contributed by atoms with E-state index in [2.05, 4.69) is 16.0 Å². The standard InChI is InChI=1S/C17H27N3O2/c1-12(2)15(17(22)19-11-7-10-18-4)20-16(21)14-9-6-5-8-13(14)3/h5-6,8-9,12,15,18H,7,10-11H2,1-4H3,(H,19,22)(H,20,21). The zero-order valence-corrected chi connectivity index (χ0v) is 13.9. The van der Waals surface area contributed by atoms with Crippen LogP contribution in [0.2, 0.25) is 0 Å². The van der Waals surface area contributed by atoms with Gasteiger partial charge >= 0.3 is 0 Å². The Hall–Kier alpha value is -1.88. The first-order chi connectivity index (χ1) is 10.5. The van der Waals surface area contributed by atoms with E-state index < -0.39 is 6.04 Å². The first-order valence-electron chi connectivity index (χ1n) is 7.76. The van der Waals surface area contributed by atoms with Gasteiger partial charge in [-0.3, -0.25) is 9.59 Å². The van der Waals surface area contributed by atoms with Gasteiger partial charge in [-0.05, 0) is 44.5 Å². The van der Waals surface area contributed by atoms with Crippen molar-refractivity contribution in [3.05, 3.63) is 35.4 Å². The van der Waals surface area contributed by atoms with Crippen molar-refractivity contribution in [3.8, 4) is 0 Å². The topological polar surface area (TPSA) is 70.2 Å². The Bertz CT molecular complexity index is 500. The molecule has 0 aliphatic heterocycles. The lowest BCUT2D eigenvalue weighted by Gasteiger charge is -2.22. The van der Waals surface area contributed by atoms with E-state index >= 15 is 0 Å². The van der Waals surface area contributed by atoms with E-state index in [9.17, 15) is 9.59 Å². The highest BCUT2D eigenvalue weighted by Gasteiger charge is 2.24. The van der Waals surface area contributed by atoms with Crippen LogP contribution in [0.1, 0.15) is 36.2 Å². The van der Waals surface area contributed by atoms with Crippen molar-refractivity contribution in [2.45, 2.75) is 33.2 Å². The number of carbonyl (C=O) groups excluding carboxylic acids is 2. The molecule has 0 saturated carbocycles. The average molecular weight is 305 g/mol. The predicted molar refractivity (Wildman–Crippen MR) is 88.8 cm³/mol. The van der Waals surface area contributed by atoms with Gasteiger partial charge in [-0.15, -0.1) is 0 Å². The molecule has 3 N–H and O–H groups in total. The van der Waals surface area contributed by atoms with Crippen LogP contribution in [0.3, 0.4) is 0 Å². The number of rotatable bonds is 8. The third-order valence-electron chi connectivity index (χ3n) is 3.53. The Morgan fingerprint density at radius 1 is 1.14 bits per heavy atom. The van der Waals surface area contributed by atoms with E-state index in [1.807, 2.05) is 46.0 Å². The van der Waals surface area contributed by atoms with Gasteiger partial charge in [0.05, 0.1) is 0 Å². The summed E-state index contributed by atoms with van der Waals surface area (Å²) >= 11 is 0. The van der Waals surface area contributed by atoms with E-state index in [1.165, 1.54) is 0 Å². The lowest BCUT2D eigenvalue weighted by Crippen LogP contribution is -2.50. The summed E-state index contributed by atoms with van der Waals surface area (Å²) in [5.74, 6) is -0.313. The van der Waals surface area contributed by atoms with E-state index in [-0.39, 0.29) is 17.7 Å². The molecule has 0 radical (unpaired) electrons. The van der Waals surface area contributed by atoms with Crippen LogP contribution < -0.4 is 16.0 Å². The molecule has 1 aromatic rings. The summed E-state index contributed by atoms with van der Waals surface area (Å²) in [5, 5.41) is 8.76. The summed E-state index contributed by atoms with van der Waals surface area (Å²) < 4.78 is 0. The summed E-state index contributed by atoms with van der Waals surface area (Å²) in [4.78, 5) is 24.6. The Morgan fingerprint density at radius 3 is 2.41 bits per heavy atom. The fraction of sp³-hybridized carbons (Fsp3) is 0.529. The Morgan fingerprint density at radius 2 is 1.82 bits per heavy atom. The van der Waals surface area contributed by atoms with Crippen molar-refractivity contribution >= 4 is 11.8 Å². The van der Waals surface area contributed by atoms with Crippen LogP contribution in [0, 0.1) is 12.8 Å². The minimum Gasteiger partial charge on any atom is -0.354 e. The number of hydrogen-bond donors (Lipinski definition) is 3. The van der Waals surface area contributed by atoms with Gasteiger partial charge in [0.1, 0.15) is 6.04 Å². The maximum absolute atomic E-state index is 12.4. The summed E-state index contributed by atoms with van der Waals surface area (Å²) in [6, 6.07) is 6.84. The molecule has 0 heterocycles. The van der Waals surface area contributed by atoms with Crippen molar-refractivity contribution in [2.24, 2.45) is 5.92 Å². The maximum Gasteiger partial charge on any atom is 0.252 e. The fourth-order valence-corrected chi connectivity index (χ4v) is 2.17. The molecule has 5 heteroatoms. The molecule has 5 nitrogen and oxygen atoms in total. The number of benzene rings is 1. The van der Waals surface area contributed by atoms with E-state index in [0.29, 0.717) is 12.1 Å². The van der Waals surface area contributed by atoms with Crippen LogP contribution in [0.15, 0.2) is 24.3 Å². The highest BCUT2D eigenvalue weighted by Crippen LogP contribution is 2.09. The van der Waals surface area contributed by atoms with Crippen molar-refractivity contribution in [1.29, 1.82) is 0 Å². The molecule has 1 aromatic carbocycles. The van der Waals surface area contributed by atoms with Gasteiger partial charge in [-0.1, -0.05) is 32.0 Å². The molecule has 0 aliphatic rings. The third-order valence-corrected chi connectivity index (χ3v) is 3.53. The molecule has 0 saturated heterocycles. The molecule has 0 spiro atoms. The molecule has 1 atom stereocenters. The van der Waals surface area contributed by atoms with Gasteiger partial charge in [0.2, 0.25) is 5.91 Å². The average Bonchev–Trinajstić information content (AvgIpc) is 2.49. The smallest absolute Gasteiger partial charge is 0.252 e. The molecule has 2 amide bonds. The van der Waals surface area contributed by atoms with Crippen molar-refractivity contribution in [3.63, 3.8) is 0 Å². The third kappa shape index (κ3) is 5.48. The van der Waals surface area contributed by atoms with Crippen LogP contribution in [-0.4, -0.2) is 38.0 Å². The van der Waals surface area contributed by atoms with E-state index in [1.54, 1.807) is 6.07 Å². The quantitative estimate of drug-likeness (QED) is 0.637. The first-order valence-corrected chi connectivity index (χ1v) is 7.76. The van der Waals surface area contributed by atoms with Gasteiger partial charge in [-0.25, -0.2) is 0 Å². The monoisotopic (exact) mass is 305 g/mol. The van der Waals surface area contributed by atoms with Crippen LogP contribution >= 0.6 is 0 Å². The van der Waals surface area contributed by atoms with Crippen molar-refractivity contribution in [2.75, 3.05) is 20.1 Å². The highest BCUT2D eigenvalue weighted by atomic mass is 16.2. The van der Waals surface area contributed by atoms with Gasteiger partial charge in [0.15, 0.2) is 0 Å². The van der Waals surface area contributed by atoms with Gasteiger partial charge in [-0.2, -0.15) is 0 Å².